The van der Waals surface area contributed by atoms with Crippen molar-refractivity contribution < 1.29 is 4.79 Å². The van der Waals surface area contributed by atoms with Gasteiger partial charge < -0.3 is 4.90 Å². The summed E-state index contributed by atoms with van der Waals surface area (Å²) in [5.74, 6) is 0.625. The number of carbonyl (C=O) groups is 1. The monoisotopic (exact) mass is 299 g/mol. The molecule has 0 unspecified atom stereocenters. The molecule has 1 amide bonds. The Morgan fingerprint density at radius 1 is 1.27 bits per heavy atom. The van der Waals surface area contributed by atoms with E-state index in [1.54, 1.807) is 0 Å². The highest BCUT2D eigenvalue weighted by molar-refractivity contribution is 5.76. The van der Waals surface area contributed by atoms with E-state index < -0.39 is 0 Å². The van der Waals surface area contributed by atoms with Crippen LogP contribution in [0.2, 0.25) is 0 Å². The van der Waals surface area contributed by atoms with Gasteiger partial charge in [-0.15, -0.1) is 10.2 Å². The van der Waals surface area contributed by atoms with Crippen LogP contribution in [0.5, 0.6) is 0 Å². The molecule has 1 aromatic carbocycles. The number of likely N-dealkylation sites (tertiary alicyclic amines) is 1. The van der Waals surface area contributed by atoms with E-state index in [-0.39, 0.29) is 12.5 Å². The van der Waals surface area contributed by atoms with Gasteiger partial charge in [0.1, 0.15) is 6.54 Å². The first-order valence-corrected chi connectivity index (χ1v) is 7.78. The van der Waals surface area contributed by atoms with Gasteiger partial charge in [-0.05, 0) is 38.3 Å². The molecular weight excluding hydrogens is 278 g/mol. The summed E-state index contributed by atoms with van der Waals surface area (Å²) in [6.07, 6.45) is 3.35. The second-order valence-electron chi connectivity index (χ2n) is 5.94. The van der Waals surface area contributed by atoms with Crippen LogP contribution >= 0.6 is 0 Å². The van der Waals surface area contributed by atoms with Crippen LogP contribution < -0.4 is 0 Å². The molecule has 0 bridgehead atoms. The lowest BCUT2D eigenvalue weighted by Crippen LogP contribution is -2.43. The Bertz CT molecular complexity index is 649. The highest BCUT2D eigenvalue weighted by Gasteiger charge is 2.23. The van der Waals surface area contributed by atoms with Crippen LogP contribution in [0.4, 0.5) is 0 Å². The van der Waals surface area contributed by atoms with Gasteiger partial charge in [0.2, 0.25) is 11.7 Å². The minimum absolute atomic E-state index is 0.0695. The van der Waals surface area contributed by atoms with Crippen molar-refractivity contribution in [2.75, 3.05) is 6.54 Å². The molecule has 0 spiro atoms. The van der Waals surface area contributed by atoms with Crippen molar-refractivity contribution in [2.45, 2.75) is 45.7 Å². The summed E-state index contributed by atoms with van der Waals surface area (Å²) in [4.78, 5) is 15.7. The van der Waals surface area contributed by atoms with E-state index in [1.165, 1.54) is 16.8 Å². The van der Waals surface area contributed by atoms with Crippen molar-refractivity contribution in [3.63, 3.8) is 0 Å². The Morgan fingerprint density at radius 3 is 2.77 bits per heavy atom. The first-order valence-electron chi connectivity index (χ1n) is 7.78. The van der Waals surface area contributed by atoms with Gasteiger partial charge in [0.05, 0.1) is 0 Å². The van der Waals surface area contributed by atoms with E-state index in [0.29, 0.717) is 11.9 Å². The number of hydrogen-bond acceptors (Lipinski definition) is 4. The zero-order chi connectivity index (χ0) is 15.5. The van der Waals surface area contributed by atoms with Crippen LogP contribution in [0.25, 0.3) is 11.4 Å². The lowest BCUT2D eigenvalue weighted by Gasteiger charge is -2.33. The van der Waals surface area contributed by atoms with Gasteiger partial charge in [0, 0.05) is 18.2 Å². The van der Waals surface area contributed by atoms with Crippen LogP contribution in [0.15, 0.2) is 24.3 Å². The molecule has 0 saturated carbocycles. The third kappa shape index (κ3) is 3.16. The maximum Gasteiger partial charge on any atom is 0.246 e. The summed E-state index contributed by atoms with van der Waals surface area (Å²) in [6.45, 7) is 5.12. The van der Waals surface area contributed by atoms with Gasteiger partial charge >= 0.3 is 0 Å². The smallest absolute Gasteiger partial charge is 0.246 e. The standard InChI is InChI=1S/C16H21N5O/c1-12-6-8-14(9-7-12)16-17-19-21(18-16)11-15(22)20-10-4-3-5-13(20)2/h6-9,13H,3-5,10-11H2,1-2H3/t13-/m0/s1. The molecule has 2 aromatic rings. The lowest BCUT2D eigenvalue weighted by molar-refractivity contribution is -0.135. The zero-order valence-corrected chi connectivity index (χ0v) is 13.1. The summed E-state index contributed by atoms with van der Waals surface area (Å²) < 4.78 is 0. The van der Waals surface area contributed by atoms with Crippen molar-refractivity contribution in [3.05, 3.63) is 29.8 Å². The number of amides is 1. The van der Waals surface area contributed by atoms with Crippen LogP contribution in [-0.4, -0.2) is 43.6 Å². The van der Waals surface area contributed by atoms with Crippen molar-refractivity contribution in [1.82, 2.24) is 25.1 Å². The van der Waals surface area contributed by atoms with Gasteiger partial charge in [-0.25, -0.2) is 0 Å². The summed E-state index contributed by atoms with van der Waals surface area (Å²) in [5.41, 5.74) is 2.10. The molecule has 1 aliphatic rings. The molecule has 1 fully saturated rings. The fraction of sp³-hybridized carbons (Fsp3) is 0.500. The average Bonchev–Trinajstić information content (AvgIpc) is 2.97. The molecule has 0 N–H and O–H groups in total. The van der Waals surface area contributed by atoms with Crippen molar-refractivity contribution in [3.8, 4) is 11.4 Å². The van der Waals surface area contributed by atoms with Crippen LogP contribution in [-0.2, 0) is 11.3 Å². The number of benzene rings is 1. The predicted octanol–water partition coefficient (Wildman–Crippen LogP) is 2.05. The molecule has 1 saturated heterocycles. The maximum absolute atomic E-state index is 12.4. The molecule has 6 heteroatoms. The van der Waals surface area contributed by atoms with Gasteiger partial charge in [0.15, 0.2) is 0 Å². The van der Waals surface area contributed by atoms with Gasteiger partial charge in [-0.3, -0.25) is 4.79 Å². The Hall–Kier alpha value is -2.24. The molecule has 0 radical (unpaired) electrons. The number of carbonyl (C=O) groups excluding carboxylic acids is 1. The topological polar surface area (TPSA) is 63.9 Å². The third-order valence-electron chi connectivity index (χ3n) is 4.16. The molecule has 1 atom stereocenters. The zero-order valence-electron chi connectivity index (χ0n) is 13.1. The number of rotatable bonds is 3. The summed E-state index contributed by atoms with van der Waals surface area (Å²) >= 11 is 0. The Labute approximate surface area is 130 Å². The van der Waals surface area contributed by atoms with Crippen molar-refractivity contribution >= 4 is 5.91 Å². The molecule has 2 heterocycles. The first kappa shape index (κ1) is 14.7. The third-order valence-corrected chi connectivity index (χ3v) is 4.16. The van der Waals surface area contributed by atoms with E-state index in [2.05, 4.69) is 22.3 Å². The van der Waals surface area contributed by atoms with Gasteiger partial charge in [-0.1, -0.05) is 29.8 Å². The van der Waals surface area contributed by atoms with E-state index in [0.717, 1.165) is 24.9 Å². The summed E-state index contributed by atoms with van der Waals surface area (Å²) in [6, 6.07) is 8.25. The fourth-order valence-corrected chi connectivity index (χ4v) is 2.81. The molecule has 116 valence electrons. The van der Waals surface area contributed by atoms with E-state index in [4.69, 9.17) is 0 Å². The molecule has 3 rings (SSSR count). The summed E-state index contributed by atoms with van der Waals surface area (Å²) in [5, 5.41) is 12.4. The number of piperidine rings is 1. The molecular formula is C16H21N5O. The van der Waals surface area contributed by atoms with Crippen LogP contribution in [0.3, 0.4) is 0 Å². The maximum atomic E-state index is 12.4. The van der Waals surface area contributed by atoms with Crippen LogP contribution in [0, 0.1) is 6.92 Å². The molecule has 0 aliphatic carbocycles. The lowest BCUT2D eigenvalue weighted by atomic mass is 10.0. The van der Waals surface area contributed by atoms with E-state index in [9.17, 15) is 4.79 Å². The average molecular weight is 299 g/mol. The Balaban J connectivity index is 1.68. The van der Waals surface area contributed by atoms with Gasteiger partial charge in [-0.2, -0.15) is 4.80 Å². The highest BCUT2D eigenvalue weighted by atomic mass is 16.2. The summed E-state index contributed by atoms with van der Waals surface area (Å²) in [7, 11) is 0. The quantitative estimate of drug-likeness (QED) is 0.870. The largest absolute Gasteiger partial charge is 0.338 e. The number of nitrogens with zero attached hydrogens (tertiary/aromatic N) is 5. The van der Waals surface area contributed by atoms with Crippen molar-refractivity contribution in [1.29, 1.82) is 0 Å². The molecule has 1 aliphatic heterocycles. The Morgan fingerprint density at radius 2 is 2.05 bits per heavy atom. The van der Waals surface area contributed by atoms with Crippen LogP contribution in [0.1, 0.15) is 31.7 Å². The molecule has 22 heavy (non-hydrogen) atoms. The Kier molecular flexibility index (Phi) is 4.18. The number of aromatic nitrogens is 4. The second-order valence-corrected chi connectivity index (χ2v) is 5.94. The first-order chi connectivity index (χ1) is 10.6. The normalized spacial score (nSPS) is 18.5. The number of tetrazole rings is 1. The predicted molar refractivity (Wildman–Crippen MR) is 83.0 cm³/mol. The molecule has 1 aromatic heterocycles. The highest BCUT2D eigenvalue weighted by Crippen LogP contribution is 2.17. The van der Waals surface area contributed by atoms with E-state index in [1.807, 2.05) is 36.1 Å². The number of aryl methyl sites for hydroxylation is 1. The van der Waals surface area contributed by atoms with Crippen molar-refractivity contribution in [2.24, 2.45) is 0 Å². The minimum Gasteiger partial charge on any atom is -0.338 e. The fourth-order valence-electron chi connectivity index (χ4n) is 2.81. The van der Waals surface area contributed by atoms with Gasteiger partial charge in [0.25, 0.3) is 0 Å². The minimum atomic E-state index is 0.0695. The SMILES string of the molecule is Cc1ccc(-c2nnn(CC(=O)N3CCCC[C@@H]3C)n2)cc1. The number of hydrogen-bond donors (Lipinski definition) is 0. The molecule has 6 nitrogen and oxygen atoms in total. The second kappa shape index (κ2) is 6.25. The van der Waals surface area contributed by atoms with E-state index >= 15 is 0 Å².